The van der Waals surface area contributed by atoms with Crippen LogP contribution in [-0.4, -0.2) is 22.2 Å². The van der Waals surface area contributed by atoms with E-state index in [9.17, 15) is 15.0 Å². The Kier molecular flexibility index (Phi) is 4.83. The highest BCUT2D eigenvalue weighted by Gasteiger charge is 2.37. The first kappa shape index (κ1) is 18.9. The van der Waals surface area contributed by atoms with Gasteiger partial charge in [-0.1, -0.05) is 53.5 Å². The molecule has 1 unspecified atom stereocenters. The van der Waals surface area contributed by atoms with Crippen LogP contribution in [0.15, 0.2) is 60.4 Å². The zero-order valence-corrected chi connectivity index (χ0v) is 17.0. The smallest absolute Gasteiger partial charge is 0.261 e. The lowest BCUT2D eigenvalue weighted by molar-refractivity contribution is 0.0976. The summed E-state index contributed by atoms with van der Waals surface area (Å²) in [6, 6.07) is 15.3. The number of aliphatic hydroxyl groups excluding tert-OH is 2. The Balaban J connectivity index is 1.85. The van der Waals surface area contributed by atoms with Gasteiger partial charge in [-0.05, 0) is 36.8 Å². The van der Waals surface area contributed by atoms with Crippen LogP contribution in [0.1, 0.15) is 22.8 Å². The Morgan fingerprint density at radius 2 is 1.79 bits per heavy atom. The quantitative estimate of drug-likeness (QED) is 0.483. The van der Waals surface area contributed by atoms with Gasteiger partial charge >= 0.3 is 0 Å². The van der Waals surface area contributed by atoms with E-state index in [1.54, 1.807) is 25.1 Å². The molecule has 28 heavy (non-hydrogen) atoms. The Labute approximate surface area is 175 Å². The third kappa shape index (κ3) is 3.05. The second-order valence-corrected chi connectivity index (χ2v) is 8.28. The number of anilines is 1. The van der Waals surface area contributed by atoms with Crippen LogP contribution in [0.2, 0.25) is 10.0 Å². The summed E-state index contributed by atoms with van der Waals surface area (Å²) in [4.78, 5) is 15.6. The van der Waals surface area contributed by atoms with Crippen molar-refractivity contribution in [2.45, 2.75) is 13.0 Å². The van der Waals surface area contributed by atoms with Crippen LogP contribution in [0.4, 0.5) is 5.00 Å². The fourth-order valence-electron chi connectivity index (χ4n) is 3.17. The van der Waals surface area contributed by atoms with E-state index in [0.717, 1.165) is 10.4 Å². The van der Waals surface area contributed by atoms with Crippen LogP contribution in [0, 0.1) is 0 Å². The maximum Gasteiger partial charge on any atom is 0.261 e. The average Bonchev–Trinajstić information content (AvgIpc) is 3.12. The van der Waals surface area contributed by atoms with Gasteiger partial charge in [-0.15, -0.1) is 11.3 Å². The number of thiophene rings is 1. The van der Waals surface area contributed by atoms with Crippen molar-refractivity contribution in [3.05, 3.63) is 81.5 Å². The predicted octanol–water partition coefficient (Wildman–Crippen LogP) is 6.56. The summed E-state index contributed by atoms with van der Waals surface area (Å²) in [6.45, 7) is 1.65. The standard InChI is InChI=1S/C21H15Cl2NO3S/c1-11-18(25)19(26)15-10-17(12-5-3-2-4-6-12)28-21(15)24(11)20(27)14-8-7-13(22)9-16(14)23/h2-11,25-26H,1H3. The fraction of sp³-hybridized carbons (Fsp3) is 0.0952. The molecule has 7 heteroatoms. The molecule has 0 spiro atoms. The van der Waals surface area contributed by atoms with Crippen molar-refractivity contribution in [2.24, 2.45) is 0 Å². The number of fused-ring (bicyclic) bond motifs is 1. The third-order valence-electron chi connectivity index (χ3n) is 4.65. The van der Waals surface area contributed by atoms with Crippen molar-refractivity contribution in [1.29, 1.82) is 0 Å². The molecule has 0 saturated carbocycles. The molecule has 0 radical (unpaired) electrons. The van der Waals surface area contributed by atoms with Gasteiger partial charge in [-0.3, -0.25) is 9.69 Å². The van der Waals surface area contributed by atoms with Gasteiger partial charge in [0.15, 0.2) is 11.5 Å². The summed E-state index contributed by atoms with van der Waals surface area (Å²) in [5, 5.41) is 22.1. The van der Waals surface area contributed by atoms with Crippen molar-refractivity contribution >= 4 is 51.2 Å². The summed E-state index contributed by atoms with van der Waals surface area (Å²) in [7, 11) is 0. The molecule has 0 bridgehead atoms. The summed E-state index contributed by atoms with van der Waals surface area (Å²) in [5.41, 5.74) is 1.64. The van der Waals surface area contributed by atoms with Gasteiger partial charge in [0.05, 0.1) is 22.2 Å². The summed E-state index contributed by atoms with van der Waals surface area (Å²) in [5.74, 6) is -0.855. The molecule has 2 aromatic carbocycles. The van der Waals surface area contributed by atoms with Gasteiger partial charge in [0.2, 0.25) is 0 Å². The lowest BCUT2D eigenvalue weighted by atomic mass is 10.0. The molecule has 142 valence electrons. The Hall–Kier alpha value is -2.47. The lowest BCUT2D eigenvalue weighted by Gasteiger charge is -2.32. The average molecular weight is 432 g/mol. The molecule has 0 aliphatic carbocycles. The normalized spacial score (nSPS) is 16.2. The molecule has 0 saturated heterocycles. The number of carbonyl (C=O) groups excluding carboxylic acids is 1. The SMILES string of the molecule is CC1C(O)=C(O)c2cc(-c3ccccc3)sc2N1C(=O)c1ccc(Cl)cc1Cl. The number of benzene rings is 2. The topological polar surface area (TPSA) is 60.8 Å². The van der Waals surface area contributed by atoms with E-state index >= 15 is 0 Å². The van der Waals surface area contributed by atoms with E-state index in [2.05, 4.69) is 0 Å². The third-order valence-corrected chi connectivity index (χ3v) is 6.38. The highest BCUT2D eigenvalue weighted by atomic mass is 35.5. The van der Waals surface area contributed by atoms with Gasteiger partial charge in [-0.25, -0.2) is 0 Å². The highest BCUT2D eigenvalue weighted by Crippen LogP contribution is 2.46. The zero-order chi connectivity index (χ0) is 20.0. The van der Waals surface area contributed by atoms with Crippen molar-refractivity contribution in [2.75, 3.05) is 4.90 Å². The second-order valence-electron chi connectivity index (χ2n) is 6.40. The van der Waals surface area contributed by atoms with E-state index in [4.69, 9.17) is 23.2 Å². The van der Waals surface area contributed by atoms with E-state index in [0.29, 0.717) is 15.6 Å². The van der Waals surface area contributed by atoms with E-state index in [1.165, 1.54) is 22.3 Å². The number of aliphatic hydroxyl groups is 2. The maximum atomic E-state index is 13.3. The van der Waals surface area contributed by atoms with Crippen LogP contribution in [-0.2, 0) is 0 Å². The van der Waals surface area contributed by atoms with Crippen LogP contribution >= 0.6 is 34.5 Å². The number of rotatable bonds is 2. The molecule has 1 aliphatic heterocycles. The van der Waals surface area contributed by atoms with Crippen LogP contribution in [0.3, 0.4) is 0 Å². The molecule has 1 aliphatic rings. The monoisotopic (exact) mass is 431 g/mol. The summed E-state index contributed by atoms with van der Waals surface area (Å²) >= 11 is 13.5. The summed E-state index contributed by atoms with van der Waals surface area (Å²) in [6.07, 6.45) is 0. The summed E-state index contributed by atoms with van der Waals surface area (Å²) < 4.78 is 0. The molecule has 4 rings (SSSR count). The van der Waals surface area contributed by atoms with E-state index in [-0.39, 0.29) is 28.0 Å². The molecule has 1 aromatic heterocycles. The lowest BCUT2D eigenvalue weighted by Crippen LogP contribution is -2.42. The van der Waals surface area contributed by atoms with E-state index in [1.807, 2.05) is 30.3 Å². The maximum absolute atomic E-state index is 13.3. The first-order valence-electron chi connectivity index (χ1n) is 8.49. The number of carbonyl (C=O) groups is 1. The number of amides is 1. The fourth-order valence-corrected chi connectivity index (χ4v) is 4.90. The Bertz CT molecular complexity index is 1110. The molecule has 0 fully saturated rings. The Morgan fingerprint density at radius 1 is 1.07 bits per heavy atom. The van der Waals surface area contributed by atoms with Crippen molar-refractivity contribution in [3.8, 4) is 10.4 Å². The molecular weight excluding hydrogens is 417 g/mol. The minimum Gasteiger partial charge on any atom is -0.506 e. The predicted molar refractivity (Wildman–Crippen MR) is 115 cm³/mol. The van der Waals surface area contributed by atoms with Gasteiger partial charge in [0, 0.05) is 9.90 Å². The van der Waals surface area contributed by atoms with Crippen LogP contribution in [0.5, 0.6) is 0 Å². The molecular formula is C21H15Cl2NO3S. The molecule has 2 N–H and O–H groups in total. The van der Waals surface area contributed by atoms with Gasteiger partial charge < -0.3 is 10.2 Å². The van der Waals surface area contributed by atoms with Crippen LogP contribution in [0.25, 0.3) is 16.2 Å². The molecule has 1 atom stereocenters. The van der Waals surface area contributed by atoms with Crippen molar-refractivity contribution in [1.82, 2.24) is 0 Å². The minimum absolute atomic E-state index is 0.216. The number of hydrogen-bond acceptors (Lipinski definition) is 4. The first-order chi connectivity index (χ1) is 13.4. The highest BCUT2D eigenvalue weighted by molar-refractivity contribution is 7.20. The largest absolute Gasteiger partial charge is 0.506 e. The van der Waals surface area contributed by atoms with Crippen LogP contribution < -0.4 is 4.90 Å². The van der Waals surface area contributed by atoms with Crippen molar-refractivity contribution < 1.29 is 15.0 Å². The van der Waals surface area contributed by atoms with Gasteiger partial charge in [0.1, 0.15) is 5.00 Å². The Morgan fingerprint density at radius 3 is 2.46 bits per heavy atom. The van der Waals surface area contributed by atoms with Gasteiger partial charge in [-0.2, -0.15) is 0 Å². The van der Waals surface area contributed by atoms with Gasteiger partial charge in [0.25, 0.3) is 5.91 Å². The van der Waals surface area contributed by atoms with Crippen molar-refractivity contribution in [3.63, 3.8) is 0 Å². The molecule has 3 aromatic rings. The number of nitrogens with zero attached hydrogens (tertiary/aromatic N) is 1. The molecule has 2 heterocycles. The number of halogens is 2. The van der Waals surface area contributed by atoms with E-state index < -0.39 is 6.04 Å². The first-order valence-corrected chi connectivity index (χ1v) is 10.1. The minimum atomic E-state index is -0.742. The second kappa shape index (κ2) is 7.17. The molecule has 1 amide bonds. The zero-order valence-electron chi connectivity index (χ0n) is 14.7. The molecule has 4 nitrogen and oxygen atoms in total. The number of hydrogen-bond donors (Lipinski definition) is 2.